The number of carbonyl (C=O) groups is 3. The van der Waals surface area contributed by atoms with Crippen LogP contribution in [0.25, 0.3) is 11.3 Å². The van der Waals surface area contributed by atoms with E-state index in [-0.39, 0.29) is 28.2 Å². The van der Waals surface area contributed by atoms with Crippen LogP contribution < -0.4 is 10.6 Å². The number of hydrogen-bond donors (Lipinski definition) is 3. The lowest BCUT2D eigenvalue weighted by Crippen LogP contribution is -2.38. The highest BCUT2D eigenvalue weighted by molar-refractivity contribution is 5.94. The Hall–Kier alpha value is -4.80. The first-order chi connectivity index (χ1) is 19.7. The molecule has 11 heteroatoms. The van der Waals surface area contributed by atoms with Crippen molar-refractivity contribution < 1.29 is 27.6 Å². The van der Waals surface area contributed by atoms with Crippen molar-refractivity contribution in [1.29, 1.82) is 0 Å². The maximum atomic E-state index is 13.8. The normalized spacial score (nSPS) is 15.0. The van der Waals surface area contributed by atoms with E-state index < -0.39 is 17.9 Å². The van der Waals surface area contributed by atoms with Crippen LogP contribution in [0.3, 0.4) is 0 Å². The van der Waals surface area contributed by atoms with Gasteiger partial charge in [0.2, 0.25) is 11.8 Å². The predicted octanol–water partition coefficient (Wildman–Crippen LogP) is 5.23. The number of aromatic amines is 1. The summed E-state index contributed by atoms with van der Waals surface area (Å²) in [6.07, 6.45) is 3.73. The van der Waals surface area contributed by atoms with Crippen LogP contribution in [0.2, 0.25) is 0 Å². The number of aromatic nitrogens is 3. The highest BCUT2D eigenvalue weighted by Gasteiger charge is 2.27. The molecule has 1 aliphatic heterocycles. The Morgan fingerprint density at radius 3 is 2.59 bits per heavy atom. The average molecular weight is 567 g/mol. The van der Waals surface area contributed by atoms with Crippen LogP contribution in [0.15, 0.2) is 71.4 Å². The van der Waals surface area contributed by atoms with Crippen molar-refractivity contribution in [2.75, 3.05) is 13.1 Å². The molecular weight excluding hydrogens is 527 g/mol. The van der Waals surface area contributed by atoms with Crippen LogP contribution in [-0.2, 0) is 9.59 Å². The molecule has 2 atom stereocenters. The van der Waals surface area contributed by atoms with E-state index in [1.807, 2.05) is 23.1 Å². The van der Waals surface area contributed by atoms with Crippen molar-refractivity contribution >= 4 is 17.7 Å². The monoisotopic (exact) mass is 566 g/mol. The fourth-order valence-electron chi connectivity index (χ4n) is 4.62. The Morgan fingerprint density at radius 1 is 1.17 bits per heavy atom. The Bertz CT molecular complexity index is 1500. The van der Waals surface area contributed by atoms with Crippen LogP contribution in [0, 0.1) is 12.7 Å². The van der Waals surface area contributed by atoms with Crippen LogP contribution in [0.1, 0.15) is 70.7 Å². The third kappa shape index (κ3) is 7.65. The minimum Gasteiger partial charge on any atom is -0.361 e. The van der Waals surface area contributed by atoms with Crippen molar-refractivity contribution in [3.63, 3.8) is 0 Å². The minimum absolute atomic E-state index is 0. The highest BCUT2D eigenvalue weighted by Crippen LogP contribution is 2.31. The molecule has 4 aromatic rings. The number of amides is 3. The number of nitrogens with zero attached hydrogens (tertiary/aromatic N) is 3. The molecule has 0 saturated carbocycles. The molecule has 1 fully saturated rings. The third-order valence-corrected chi connectivity index (χ3v) is 6.66. The van der Waals surface area contributed by atoms with E-state index in [4.69, 9.17) is 4.52 Å². The Morgan fingerprint density at radius 2 is 1.90 bits per heavy atom. The van der Waals surface area contributed by atoms with Crippen molar-refractivity contribution in [1.82, 2.24) is 30.7 Å². The molecule has 3 N–H and O–H groups in total. The second-order valence-electron chi connectivity index (χ2n) is 9.74. The van der Waals surface area contributed by atoms with Crippen LogP contribution in [-0.4, -0.2) is 50.8 Å². The van der Waals surface area contributed by atoms with Gasteiger partial charge < -0.3 is 25.0 Å². The van der Waals surface area contributed by atoms with Crippen LogP contribution in [0.4, 0.5) is 4.39 Å². The summed E-state index contributed by atoms with van der Waals surface area (Å²) in [5.41, 5.74) is 2.28. The van der Waals surface area contributed by atoms with Gasteiger partial charge >= 0.3 is 0 Å². The molecule has 0 radical (unpaired) electrons. The smallest absolute Gasteiger partial charge is 0.273 e. The average Bonchev–Trinajstić information content (AvgIpc) is 3.74. The summed E-state index contributed by atoms with van der Waals surface area (Å²) < 4.78 is 18.7. The molecule has 2 aromatic heterocycles. The largest absolute Gasteiger partial charge is 0.361 e. The Kier molecular flexibility index (Phi) is 9.62. The molecule has 3 amide bonds. The summed E-state index contributed by atoms with van der Waals surface area (Å²) in [6.45, 7) is 5.73. The topological polar surface area (TPSA) is 133 Å². The van der Waals surface area contributed by atoms with E-state index >= 15 is 0 Å². The van der Waals surface area contributed by atoms with Gasteiger partial charge in [0, 0.05) is 29.4 Å². The molecule has 0 aliphatic carbocycles. The summed E-state index contributed by atoms with van der Waals surface area (Å²) >= 11 is 0. The van der Waals surface area contributed by atoms with Gasteiger partial charge in [-0.05, 0) is 44.4 Å². The van der Waals surface area contributed by atoms with Crippen LogP contribution >= 0.6 is 0 Å². The standard InChI is InChI=1S/C18H18FN5O3.C12H15NO.3H2/c1-10-7-14(24-27-10)18(26)21-9-16(25)22-11(2)17-20-8-15(23-17)12-5-3-4-6-13(12)19;1-10(14)13-9-5-8-12(13)11-6-3-2-4-7-11;;;/h3-8,11H,9H2,1-2H3,(H,20,23)(H,21,26)(H,22,25);2-4,6-7,12H,5,8-9H2,1H3;3*1H/t11-;12-;;;/m01.../s1. The first-order valence-corrected chi connectivity index (χ1v) is 13.4. The van der Waals surface area contributed by atoms with Crippen molar-refractivity contribution in [2.45, 2.75) is 45.7 Å². The molecule has 41 heavy (non-hydrogen) atoms. The predicted molar refractivity (Wildman–Crippen MR) is 156 cm³/mol. The zero-order valence-electron chi connectivity index (χ0n) is 23.2. The number of imidazole rings is 1. The van der Waals surface area contributed by atoms with Gasteiger partial charge in [-0.15, -0.1) is 0 Å². The number of halogens is 1. The minimum atomic E-state index is -0.505. The summed E-state index contributed by atoms with van der Waals surface area (Å²) in [5.74, 6) is -0.109. The van der Waals surface area contributed by atoms with E-state index in [9.17, 15) is 18.8 Å². The number of nitrogens with one attached hydrogen (secondary N) is 3. The van der Waals surface area contributed by atoms with Gasteiger partial charge in [0.15, 0.2) is 5.69 Å². The maximum absolute atomic E-state index is 13.8. The zero-order valence-corrected chi connectivity index (χ0v) is 23.2. The Labute approximate surface area is 241 Å². The summed E-state index contributed by atoms with van der Waals surface area (Å²) in [5, 5.41) is 8.73. The van der Waals surface area contributed by atoms with Gasteiger partial charge in [-0.2, -0.15) is 0 Å². The molecular formula is C30H39FN6O4. The van der Waals surface area contributed by atoms with E-state index in [0.717, 1.165) is 19.4 Å². The number of aryl methyl sites for hydroxylation is 1. The number of likely N-dealkylation sites (tertiary alicyclic amines) is 1. The van der Waals surface area contributed by atoms with E-state index in [1.54, 1.807) is 39.0 Å². The summed E-state index contributed by atoms with van der Waals surface area (Å²) in [6, 6.07) is 17.9. The van der Waals surface area contributed by atoms with Gasteiger partial charge in [0.1, 0.15) is 17.4 Å². The molecule has 0 bridgehead atoms. The number of H-pyrrole nitrogens is 1. The lowest BCUT2D eigenvalue weighted by Gasteiger charge is -2.23. The molecule has 5 rings (SSSR count). The second-order valence-corrected chi connectivity index (χ2v) is 9.74. The van der Waals surface area contributed by atoms with Crippen molar-refractivity contribution in [2.24, 2.45) is 0 Å². The number of benzene rings is 2. The second kappa shape index (κ2) is 13.5. The SMILES string of the molecule is CC(=O)N1CCC[C@@H]1c1ccccc1.Cc1cc(C(=O)NCC(=O)N[C@@H](C)c2ncc(-c3ccccc3F)[nH]2)no1.[HH].[HH].[HH]. The van der Waals surface area contributed by atoms with Crippen molar-refractivity contribution in [3.8, 4) is 11.3 Å². The first kappa shape index (κ1) is 29.2. The lowest BCUT2D eigenvalue weighted by molar-refractivity contribution is -0.129. The molecule has 0 spiro atoms. The lowest BCUT2D eigenvalue weighted by atomic mass is 10.0. The molecule has 1 aliphatic rings. The maximum Gasteiger partial charge on any atom is 0.273 e. The van der Waals surface area contributed by atoms with Crippen LogP contribution in [0.5, 0.6) is 0 Å². The van der Waals surface area contributed by atoms with E-state index in [2.05, 4.69) is 37.9 Å². The first-order valence-electron chi connectivity index (χ1n) is 13.4. The third-order valence-electron chi connectivity index (χ3n) is 6.66. The Balaban J connectivity index is 0.000000485. The van der Waals surface area contributed by atoms with Gasteiger partial charge in [0.25, 0.3) is 5.91 Å². The van der Waals surface area contributed by atoms with Gasteiger partial charge in [-0.3, -0.25) is 14.4 Å². The molecule has 10 nitrogen and oxygen atoms in total. The number of rotatable bonds is 7. The molecule has 0 unspecified atom stereocenters. The fraction of sp³-hybridized carbons (Fsp3) is 0.300. The number of carbonyl (C=O) groups excluding carboxylic acids is 3. The van der Waals surface area contributed by atoms with Gasteiger partial charge in [-0.1, -0.05) is 47.6 Å². The van der Waals surface area contributed by atoms with E-state index in [0.29, 0.717) is 28.9 Å². The number of hydrogen-bond acceptors (Lipinski definition) is 6. The summed E-state index contributed by atoms with van der Waals surface area (Å²) in [7, 11) is 0. The van der Waals surface area contributed by atoms with E-state index in [1.165, 1.54) is 23.9 Å². The molecule has 2 aromatic carbocycles. The quantitative estimate of drug-likeness (QED) is 0.281. The van der Waals surface area contributed by atoms with Gasteiger partial charge in [0.05, 0.1) is 30.5 Å². The van der Waals surface area contributed by atoms with Crippen molar-refractivity contribution in [3.05, 3.63) is 95.5 Å². The zero-order chi connectivity index (χ0) is 29.4. The highest BCUT2D eigenvalue weighted by atomic mass is 19.1. The molecule has 220 valence electrons. The fourth-order valence-corrected chi connectivity index (χ4v) is 4.62. The summed E-state index contributed by atoms with van der Waals surface area (Å²) in [4.78, 5) is 44.4. The molecule has 3 heterocycles. The van der Waals surface area contributed by atoms with Gasteiger partial charge in [-0.25, -0.2) is 9.37 Å². The molecule has 1 saturated heterocycles.